The normalized spacial score (nSPS) is 26.0. The topological polar surface area (TPSA) is 78.0 Å². The predicted molar refractivity (Wildman–Crippen MR) is 42.9 cm³/mol. The van der Waals surface area contributed by atoms with Gasteiger partial charge in [-0.1, -0.05) is 0 Å². The molecule has 13 heavy (non-hydrogen) atoms. The Bertz CT molecular complexity index is 390. The molecule has 2 heterocycles. The zero-order chi connectivity index (χ0) is 9.42. The first-order valence-corrected chi connectivity index (χ1v) is 3.80. The van der Waals surface area contributed by atoms with Gasteiger partial charge in [-0.05, 0) is 12.1 Å². The zero-order valence-corrected chi connectivity index (χ0v) is 6.64. The number of nitrogens with zero attached hydrogens (tertiary/aromatic N) is 2. The van der Waals surface area contributed by atoms with Crippen LogP contribution in [-0.4, -0.2) is 15.7 Å². The monoisotopic (exact) mass is 177 g/mol. The number of carbonyl (C=O) groups is 1. The number of rotatable bonds is 0. The molecule has 2 N–H and O–H groups in total. The number of aliphatic hydroxyl groups excluding tert-OH is 1. The number of aromatic nitrogens is 1. The average Bonchev–Trinajstić information content (AvgIpc) is 2.53. The number of fused-ring (bicyclic) bond motifs is 1. The number of carbonyl (C=O) groups excluding carboxylic acids is 1. The molecule has 2 rings (SSSR count). The van der Waals surface area contributed by atoms with Crippen LogP contribution in [-0.2, 0) is 4.79 Å². The van der Waals surface area contributed by atoms with E-state index in [1.165, 1.54) is 4.68 Å². The van der Waals surface area contributed by atoms with Gasteiger partial charge in [0.15, 0.2) is 5.92 Å². The van der Waals surface area contributed by atoms with Crippen molar-refractivity contribution in [2.75, 3.05) is 5.43 Å². The summed E-state index contributed by atoms with van der Waals surface area (Å²) in [6.45, 7) is 0. The van der Waals surface area contributed by atoms with E-state index in [0.717, 1.165) is 0 Å². The third-order valence-electron chi connectivity index (χ3n) is 2.05. The van der Waals surface area contributed by atoms with Gasteiger partial charge in [-0.25, -0.2) is 0 Å². The molecule has 0 bridgehead atoms. The molecule has 1 aliphatic heterocycles. The quantitative estimate of drug-likeness (QED) is 0.573. The van der Waals surface area contributed by atoms with Crippen LogP contribution in [0.2, 0.25) is 0 Å². The standard InChI is InChI=1S/C8H7N3O2/c9-4-5-7(12)6-2-1-3-11(6)10-8(5)13/h1-3,5,7,12H,(H,10,13). The van der Waals surface area contributed by atoms with Crippen molar-refractivity contribution in [3.63, 3.8) is 0 Å². The van der Waals surface area contributed by atoms with Gasteiger partial charge in [0.05, 0.1) is 11.8 Å². The number of amides is 1. The average molecular weight is 177 g/mol. The van der Waals surface area contributed by atoms with Crippen LogP contribution >= 0.6 is 0 Å². The molecule has 0 fully saturated rings. The molecule has 0 aliphatic carbocycles. The van der Waals surface area contributed by atoms with Crippen LogP contribution in [0, 0.1) is 17.2 Å². The predicted octanol–water partition coefficient (Wildman–Crippen LogP) is -0.255. The first kappa shape index (κ1) is 7.83. The molecule has 0 saturated heterocycles. The van der Waals surface area contributed by atoms with Gasteiger partial charge in [-0.15, -0.1) is 0 Å². The number of hydrogen-bond donors (Lipinski definition) is 2. The van der Waals surface area contributed by atoms with Crippen molar-refractivity contribution in [3.05, 3.63) is 24.0 Å². The van der Waals surface area contributed by atoms with Crippen molar-refractivity contribution in [3.8, 4) is 6.07 Å². The largest absolute Gasteiger partial charge is 0.385 e. The molecule has 1 aromatic heterocycles. The van der Waals surface area contributed by atoms with Crippen molar-refractivity contribution >= 4 is 5.91 Å². The highest BCUT2D eigenvalue weighted by molar-refractivity contribution is 5.89. The minimum atomic E-state index is -1.03. The van der Waals surface area contributed by atoms with E-state index >= 15 is 0 Å². The highest BCUT2D eigenvalue weighted by Gasteiger charge is 2.34. The fourth-order valence-electron chi connectivity index (χ4n) is 1.37. The Balaban J connectivity index is 2.46. The van der Waals surface area contributed by atoms with Crippen molar-refractivity contribution in [1.29, 1.82) is 5.26 Å². The first-order chi connectivity index (χ1) is 6.24. The molecule has 2 unspecified atom stereocenters. The lowest BCUT2D eigenvalue weighted by atomic mass is 9.99. The van der Waals surface area contributed by atoms with E-state index in [9.17, 15) is 9.90 Å². The van der Waals surface area contributed by atoms with Crippen molar-refractivity contribution < 1.29 is 9.90 Å². The molecule has 0 radical (unpaired) electrons. The van der Waals surface area contributed by atoms with Gasteiger partial charge in [0.1, 0.15) is 6.10 Å². The Labute approximate surface area is 74.2 Å². The Morgan fingerprint density at radius 2 is 2.46 bits per heavy atom. The summed E-state index contributed by atoms with van der Waals surface area (Å²) in [5.41, 5.74) is 3.00. The number of nitrogens with one attached hydrogen (secondary N) is 1. The lowest BCUT2D eigenvalue weighted by Crippen LogP contribution is -2.39. The summed E-state index contributed by atoms with van der Waals surface area (Å²) in [6, 6.07) is 5.11. The second kappa shape index (κ2) is 2.61. The van der Waals surface area contributed by atoms with Gasteiger partial charge in [-0.3, -0.25) is 14.9 Å². The van der Waals surface area contributed by atoms with Crippen LogP contribution in [0.4, 0.5) is 0 Å². The molecule has 66 valence electrons. The fraction of sp³-hybridized carbons (Fsp3) is 0.250. The Morgan fingerprint density at radius 1 is 1.69 bits per heavy atom. The molecule has 5 heteroatoms. The van der Waals surface area contributed by atoms with Crippen LogP contribution in [0.25, 0.3) is 0 Å². The van der Waals surface area contributed by atoms with Gasteiger partial charge >= 0.3 is 0 Å². The molecule has 0 aromatic carbocycles. The lowest BCUT2D eigenvalue weighted by Gasteiger charge is -2.24. The molecule has 0 saturated carbocycles. The molecular weight excluding hydrogens is 170 g/mol. The van der Waals surface area contributed by atoms with Gasteiger partial charge in [0.25, 0.3) is 5.91 Å². The molecule has 1 aromatic rings. The maximum Gasteiger partial charge on any atom is 0.259 e. The van der Waals surface area contributed by atoms with Gasteiger partial charge in [-0.2, -0.15) is 5.26 Å². The van der Waals surface area contributed by atoms with Gasteiger partial charge in [0, 0.05) is 6.20 Å². The van der Waals surface area contributed by atoms with Gasteiger partial charge < -0.3 is 5.11 Å². The van der Waals surface area contributed by atoms with E-state index in [4.69, 9.17) is 5.26 Å². The molecule has 1 amide bonds. The van der Waals surface area contributed by atoms with Crippen LogP contribution in [0.3, 0.4) is 0 Å². The summed E-state index contributed by atoms with van der Waals surface area (Å²) in [6.07, 6.45) is 0.582. The second-order valence-corrected chi connectivity index (χ2v) is 2.83. The third kappa shape index (κ3) is 0.999. The highest BCUT2D eigenvalue weighted by Crippen LogP contribution is 2.25. The maximum absolute atomic E-state index is 11.2. The van der Waals surface area contributed by atoms with Crippen molar-refractivity contribution in [2.24, 2.45) is 5.92 Å². The van der Waals surface area contributed by atoms with E-state index in [1.54, 1.807) is 24.4 Å². The van der Waals surface area contributed by atoms with Crippen LogP contribution in [0.5, 0.6) is 0 Å². The number of nitriles is 1. The first-order valence-electron chi connectivity index (χ1n) is 3.80. The molecule has 2 atom stereocenters. The summed E-state index contributed by atoms with van der Waals surface area (Å²) in [5, 5.41) is 18.2. The minimum Gasteiger partial charge on any atom is -0.385 e. The number of hydrogen-bond acceptors (Lipinski definition) is 3. The molecule has 0 spiro atoms. The lowest BCUT2D eigenvalue weighted by molar-refractivity contribution is -0.123. The summed E-state index contributed by atoms with van der Waals surface area (Å²) in [5.74, 6) is -1.49. The van der Waals surface area contributed by atoms with Gasteiger partial charge in [0.2, 0.25) is 0 Å². The molecular formula is C8H7N3O2. The molecule has 1 aliphatic rings. The second-order valence-electron chi connectivity index (χ2n) is 2.83. The smallest absolute Gasteiger partial charge is 0.259 e. The maximum atomic E-state index is 11.2. The Morgan fingerprint density at radius 3 is 3.15 bits per heavy atom. The summed E-state index contributed by atoms with van der Waals surface area (Å²) in [7, 11) is 0. The zero-order valence-electron chi connectivity index (χ0n) is 6.64. The summed E-state index contributed by atoms with van der Waals surface area (Å²) in [4.78, 5) is 11.2. The van der Waals surface area contributed by atoms with E-state index in [-0.39, 0.29) is 0 Å². The van der Waals surface area contributed by atoms with E-state index < -0.39 is 17.9 Å². The fourth-order valence-corrected chi connectivity index (χ4v) is 1.37. The van der Waals surface area contributed by atoms with Crippen LogP contribution < -0.4 is 5.43 Å². The minimum absolute atomic E-state index is 0.473. The van der Waals surface area contributed by atoms with Crippen molar-refractivity contribution in [2.45, 2.75) is 6.10 Å². The highest BCUT2D eigenvalue weighted by atomic mass is 16.3. The van der Waals surface area contributed by atoms with Crippen LogP contribution in [0.1, 0.15) is 11.8 Å². The van der Waals surface area contributed by atoms with E-state index in [1.807, 2.05) is 0 Å². The van der Waals surface area contributed by atoms with E-state index in [0.29, 0.717) is 5.69 Å². The van der Waals surface area contributed by atoms with Crippen LogP contribution in [0.15, 0.2) is 18.3 Å². The summed E-state index contributed by atoms with van der Waals surface area (Å²) >= 11 is 0. The molecule has 5 nitrogen and oxygen atoms in total. The van der Waals surface area contributed by atoms with E-state index in [2.05, 4.69) is 5.43 Å². The Kier molecular flexibility index (Phi) is 1.57. The summed E-state index contributed by atoms with van der Waals surface area (Å²) < 4.78 is 1.42. The van der Waals surface area contributed by atoms with Crippen molar-refractivity contribution in [1.82, 2.24) is 4.68 Å². The SMILES string of the molecule is N#CC1C(=O)Nn2cccc2C1O. The number of aliphatic hydroxyl groups is 1. The third-order valence-corrected chi connectivity index (χ3v) is 2.05. The Hall–Kier alpha value is -1.80.